The monoisotopic (exact) mass is 346 g/mol. The number of nitrogens with zero attached hydrogens (tertiary/aromatic N) is 2. The quantitative estimate of drug-likeness (QED) is 0.928. The highest BCUT2D eigenvalue weighted by Gasteiger charge is 2.58. The minimum Gasteiger partial charge on any atom is -0.374 e. The molecule has 124 valence electrons. The number of aromatic nitrogens is 1. The van der Waals surface area contributed by atoms with Crippen molar-refractivity contribution in [2.75, 3.05) is 13.2 Å². The number of thiazole rings is 1. The Labute approximate surface area is 133 Å². The maximum Gasteiger partial charge on any atom is 0.424 e. The summed E-state index contributed by atoms with van der Waals surface area (Å²) < 4.78 is 40.9. The van der Waals surface area contributed by atoms with Gasteiger partial charge in [0.15, 0.2) is 0 Å². The number of hydrogen-bond acceptors (Lipinski definition) is 5. The molecule has 5 nitrogen and oxygen atoms in total. The van der Waals surface area contributed by atoms with Gasteiger partial charge in [0.25, 0.3) is 0 Å². The molecule has 1 aliphatic rings. The Morgan fingerprint density at radius 1 is 1.39 bits per heavy atom. The SMILES string of the molecule is O=C(C[C@](O)(c1nc2ccccc2s1)C(F)(F)F)N1CCCO1. The Morgan fingerprint density at radius 3 is 2.74 bits per heavy atom. The summed E-state index contributed by atoms with van der Waals surface area (Å²) in [7, 11) is 0. The molecular weight excluding hydrogens is 333 g/mol. The molecule has 1 saturated heterocycles. The second kappa shape index (κ2) is 5.73. The Bertz CT molecular complexity index is 694. The van der Waals surface area contributed by atoms with Gasteiger partial charge >= 0.3 is 6.18 Å². The van der Waals surface area contributed by atoms with Crippen LogP contribution in [-0.4, -0.2) is 40.4 Å². The van der Waals surface area contributed by atoms with Crippen molar-refractivity contribution in [2.45, 2.75) is 24.6 Å². The Morgan fingerprint density at radius 2 is 2.13 bits per heavy atom. The number of hydrogen-bond donors (Lipinski definition) is 1. The van der Waals surface area contributed by atoms with Gasteiger partial charge in [-0.2, -0.15) is 13.2 Å². The fourth-order valence-electron chi connectivity index (χ4n) is 2.30. The van der Waals surface area contributed by atoms with Crippen LogP contribution in [0, 0.1) is 0 Å². The van der Waals surface area contributed by atoms with Gasteiger partial charge < -0.3 is 5.11 Å². The molecule has 0 saturated carbocycles. The molecule has 1 amide bonds. The number of halogens is 3. The molecule has 9 heteroatoms. The summed E-state index contributed by atoms with van der Waals surface area (Å²) in [5, 5.41) is 10.6. The maximum atomic E-state index is 13.5. The summed E-state index contributed by atoms with van der Waals surface area (Å²) in [4.78, 5) is 20.8. The predicted molar refractivity (Wildman–Crippen MR) is 76.5 cm³/mol. The summed E-state index contributed by atoms with van der Waals surface area (Å²) in [6, 6.07) is 6.47. The van der Waals surface area contributed by atoms with Crippen LogP contribution in [0.4, 0.5) is 13.2 Å². The van der Waals surface area contributed by atoms with Gasteiger partial charge in [-0.15, -0.1) is 11.3 Å². The van der Waals surface area contributed by atoms with Gasteiger partial charge in [0.1, 0.15) is 5.01 Å². The van der Waals surface area contributed by atoms with E-state index in [1.165, 1.54) is 0 Å². The molecule has 0 bridgehead atoms. The normalized spacial score (nSPS) is 18.3. The average Bonchev–Trinajstić information content (AvgIpc) is 3.15. The van der Waals surface area contributed by atoms with Crippen molar-refractivity contribution in [3.05, 3.63) is 29.3 Å². The lowest BCUT2D eigenvalue weighted by Gasteiger charge is -2.29. The van der Waals surface area contributed by atoms with E-state index in [0.717, 1.165) is 16.4 Å². The number of fused-ring (bicyclic) bond motifs is 1. The van der Waals surface area contributed by atoms with Gasteiger partial charge in [0.2, 0.25) is 11.5 Å². The molecule has 1 fully saturated rings. The topological polar surface area (TPSA) is 62.7 Å². The highest BCUT2D eigenvalue weighted by atomic mass is 32.1. The minimum atomic E-state index is -5.03. The van der Waals surface area contributed by atoms with Crippen LogP contribution in [0.5, 0.6) is 0 Å². The summed E-state index contributed by atoms with van der Waals surface area (Å²) in [6.45, 7) is 0.490. The van der Waals surface area contributed by atoms with E-state index < -0.39 is 29.1 Å². The Hall–Kier alpha value is -1.71. The molecule has 0 radical (unpaired) electrons. The number of benzene rings is 1. The molecule has 1 atom stereocenters. The van der Waals surface area contributed by atoms with E-state index in [1.54, 1.807) is 24.3 Å². The molecule has 2 heterocycles. The summed E-state index contributed by atoms with van der Waals surface area (Å²) in [5.41, 5.74) is -2.99. The van der Waals surface area contributed by atoms with Crippen LogP contribution >= 0.6 is 11.3 Å². The molecule has 23 heavy (non-hydrogen) atoms. The van der Waals surface area contributed by atoms with E-state index in [9.17, 15) is 23.1 Å². The maximum absolute atomic E-state index is 13.5. The largest absolute Gasteiger partial charge is 0.424 e. The Kier molecular flexibility index (Phi) is 4.03. The highest BCUT2D eigenvalue weighted by molar-refractivity contribution is 7.18. The van der Waals surface area contributed by atoms with Crippen molar-refractivity contribution in [1.29, 1.82) is 0 Å². The van der Waals surface area contributed by atoms with Crippen molar-refractivity contribution in [3.8, 4) is 0 Å². The first-order chi connectivity index (χ1) is 10.8. The second-order valence-corrected chi connectivity index (χ2v) is 6.23. The van der Waals surface area contributed by atoms with Crippen molar-refractivity contribution < 1.29 is 27.9 Å². The molecule has 1 aliphatic heterocycles. The molecule has 0 aliphatic carbocycles. The summed E-state index contributed by atoms with van der Waals surface area (Å²) >= 11 is 0.723. The van der Waals surface area contributed by atoms with Crippen LogP contribution in [0.1, 0.15) is 17.8 Å². The predicted octanol–water partition coefficient (Wildman–Crippen LogP) is 2.60. The van der Waals surface area contributed by atoms with Crippen LogP contribution in [-0.2, 0) is 15.2 Å². The zero-order valence-corrected chi connectivity index (χ0v) is 12.7. The molecule has 0 spiro atoms. The number of para-hydroxylation sites is 1. The summed E-state index contributed by atoms with van der Waals surface area (Å²) in [6.07, 6.45) is -5.64. The number of hydroxylamine groups is 2. The second-order valence-electron chi connectivity index (χ2n) is 5.20. The van der Waals surface area contributed by atoms with Crippen molar-refractivity contribution in [2.24, 2.45) is 0 Å². The van der Waals surface area contributed by atoms with E-state index in [0.29, 0.717) is 16.6 Å². The van der Waals surface area contributed by atoms with Crippen LogP contribution in [0.2, 0.25) is 0 Å². The molecule has 1 N–H and O–H groups in total. The van der Waals surface area contributed by atoms with Gasteiger partial charge in [0.05, 0.1) is 29.8 Å². The molecular formula is C14H13F3N2O3S. The first kappa shape index (κ1) is 16.2. The third-order valence-electron chi connectivity index (χ3n) is 3.55. The third-order valence-corrected chi connectivity index (χ3v) is 4.74. The first-order valence-corrected chi connectivity index (χ1v) is 7.71. The van der Waals surface area contributed by atoms with Crippen molar-refractivity contribution in [1.82, 2.24) is 10.0 Å². The molecule has 3 rings (SSSR count). The molecule has 0 unspecified atom stereocenters. The van der Waals surface area contributed by atoms with Crippen LogP contribution in [0.25, 0.3) is 10.2 Å². The highest BCUT2D eigenvalue weighted by Crippen LogP contribution is 2.44. The lowest BCUT2D eigenvalue weighted by molar-refractivity contribution is -0.270. The van der Waals surface area contributed by atoms with Crippen LogP contribution < -0.4 is 0 Å². The fourth-order valence-corrected chi connectivity index (χ4v) is 3.37. The zero-order valence-electron chi connectivity index (χ0n) is 11.8. The van der Waals surface area contributed by atoms with E-state index in [-0.39, 0.29) is 13.2 Å². The van der Waals surface area contributed by atoms with E-state index in [2.05, 4.69) is 4.98 Å². The van der Waals surface area contributed by atoms with Crippen molar-refractivity contribution in [3.63, 3.8) is 0 Å². The molecule has 1 aromatic heterocycles. The van der Waals surface area contributed by atoms with Gasteiger partial charge in [-0.25, -0.2) is 10.0 Å². The lowest BCUT2D eigenvalue weighted by Crippen LogP contribution is -2.46. The van der Waals surface area contributed by atoms with E-state index in [1.807, 2.05) is 0 Å². The standard InChI is InChI=1S/C14H13F3N2O3S/c15-14(16,17)13(21,8-11(20)19-6-3-7-22-19)12-18-9-4-1-2-5-10(9)23-12/h1-2,4-5,21H,3,6-8H2/t13-/m0/s1. The number of alkyl halides is 3. The number of carbonyl (C=O) groups is 1. The zero-order chi connectivity index (χ0) is 16.7. The van der Waals surface area contributed by atoms with E-state index >= 15 is 0 Å². The van der Waals surface area contributed by atoms with Crippen LogP contribution in [0.15, 0.2) is 24.3 Å². The molecule has 1 aromatic carbocycles. The Balaban J connectivity index is 1.97. The average molecular weight is 346 g/mol. The first-order valence-electron chi connectivity index (χ1n) is 6.90. The molecule has 2 aromatic rings. The lowest BCUT2D eigenvalue weighted by atomic mass is 9.99. The van der Waals surface area contributed by atoms with Gasteiger partial charge in [0, 0.05) is 0 Å². The number of carbonyl (C=O) groups excluding carboxylic acids is 1. The smallest absolute Gasteiger partial charge is 0.374 e. The van der Waals surface area contributed by atoms with E-state index in [4.69, 9.17) is 4.84 Å². The number of aliphatic hydroxyl groups is 1. The fraction of sp³-hybridized carbons (Fsp3) is 0.429. The van der Waals surface area contributed by atoms with Crippen LogP contribution in [0.3, 0.4) is 0 Å². The number of amides is 1. The van der Waals surface area contributed by atoms with Gasteiger partial charge in [-0.3, -0.25) is 9.63 Å². The van der Waals surface area contributed by atoms with Gasteiger partial charge in [-0.1, -0.05) is 12.1 Å². The summed E-state index contributed by atoms with van der Waals surface area (Å²) in [5.74, 6) is -0.915. The van der Waals surface area contributed by atoms with Gasteiger partial charge in [-0.05, 0) is 18.6 Å². The number of rotatable bonds is 3. The van der Waals surface area contributed by atoms with Crippen molar-refractivity contribution >= 4 is 27.5 Å². The third kappa shape index (κ3) is 2.91. The minimum absolute atomic E-state index is 0.215.